The van der Waals surface area contributed by atoms with Crippen LogP contribution in [0.15, 0.2) is 35.1 Å². The Kier molecular flexibility index (Phi) is 3.83. The van der Waals surface area contributed by atoms with E-state index in [9.17, 15) is 0 Å². The molecule has 1 N–H and O–H groups in total. The van der Waals surface area contributed by atoms with Crippen LogP contribution in [0.3, 0.4) is 0 Å². The van der Waals surface area contributed by atoms with Crippen molar-refractivity contribution in [1.82, 2.24) is 5.32 Å². The number of thiophene rings is 1. The number of furan rings is 1. The van der Waals surface area contributed by atoms with E-state index in [0.29, 0.717) is 0 Å². The SMILES string of the molecule is Clc1ccc(CCNCc2ccoc2)s1. The fraction of sp³-hybridized carbons (Fsp3) is 0.273. The molecule has 0 unspecified atom stereocenters. The van der Waals surface area contributed by atoms with Crippen molar-refractivity contribution in [3.63, 3.8) is 0 Å². The van der Waals surface area contributed by atoms with Gasteiger partial charge in [0.05, 0.1) is 16.9 Å². The molecule has 0 aliphatic rings. The van der Waals surface area contributed by atoms with Gasteiger partial charge in [-0.05, 0) is 24.6 Å². The van der Waals surface area contributed by atoms with Crippen LogP contribution in [0.25, 0.3) is 0 Å². The average Bonchev–Trinajstić information content (AvgIpc) is 2.84. The summed E-state index contributed by atoms with van der Waals surface area (Å²) < 4.78 is 5.84. The van der Waals surface area contributed by atoms with E-state index in [1.165, 1.54) is 10.4 Å². The second-order valence-electron chi connectivity index (χ2n) is 3.26. The lowest BCUT2D eigenvalue weighted by atomic mass is 10.3. The van der Waals surface area contributed by atoms with Gasteiger partial charge in [-0.3, -0.25) is 0 Å². The van der Waals surface area contributed by atoms with Gasteiger partial charge in [-0.1, -0.05) is 11.6 Å². The molecule has 0 radical (unpaired) electrons. The molecule has 0 atom stereocenters. The Bertz CT molecular complexity index is 396. The molecule has 0 aliphatic carbocycles. The molecule has 15 heavy (non-hydrogen) atoms. The standard InChI is InChI=1S/C11H12ClNOS/c12-11-2-1-10(15-11)3-5-13-7-9-4-6-14-8-9/h1-2,4,6,8,13H,3,5,7H2. The molecule has 4 heteroatoms. The van der Waals surface area contributed by atoms with Crippen LogP contribution in [-0.4, -0.2) is 6.54 Å². The van der Waals surface area contributed by atoms with Gasteiger partial charge in [0.15, 0.2) is 0 Å². The van der Waals surface area contributed by atoms with Gasteiger partial charge in [-0.15, -0.1) is 11.3 Å². The van der Waals surface area contributed by atoms with Crippen molar-refractivity contribution in [1.29, 1.82) is 0 Å². The minimum absolute atomic E-state index is 0.857. The normalized spacial score (nSPS) is 10.7. The number of hydrogen-bond donors (Lipinski definition) is 1. The monoisotopic (exact) mass is 241 g/mol. The topological polar surface area (TPSA) is 25.2 Å². The minimum Gasteiger partial charge on any atom is -0.472 e. The first kappa shape index (κ1) is 10.7. The van der Waals surface area contributed by atoms with Crippen molar-refractivity contribution in [2.75, 3.05) is 6.54 Å². The molecule has 2 rings (SSSR count). The van der Waals surface area contributed by atoms with Crippen LogP contribution in [0.5, 0.6) is 0 Å². The van der Waals surface area contributed by atoms with E-state index in [1.54, 1.807) is 23.9 Å². The van der Waals surface area contributed by atoms with Crippen LogP contribution < -0.4 is 5.32 Å². The maximum absolute atomic E-state index is 5.84. The summed E-state index contributed by atoms with van der Waals surface area (Å²) in [7, 11) is 0. The number of nitrogens with one attached hydrogen (secondary N) is 1. The van der Waals surface area contributed by atoms with E-state index < -0.39 is 0 Å². The van der Waals surface area contributed by atoms with Gasteiger partial charge < -0.3 is 9.73 Å². The highest BCUT2D eigenvalue weighted by molar-refractivity contribution is 7.16. The van der Waals surface area contributed by atoms with Crippen LogP contribution in [0.2, 0.25) is 4.34 Å². The Morgan fingerprint density at radius 3 is 2.93 bits per heavy atom. The molecule has 0 saturated carbocycles. The zero-order valence-electron chi connectivity index (χ0n) is 8.20. The lowest BCUT2D eigenvalue weighted by Gasteiger charge is -2.00. The highest BCUT2D eigenvalue weighted by atomic mass is 35.5. The Morgan fingerprint density at radius 1 is 1.33 bits per heavy atom. The zero-order valence-corrected chi connectivity index (χ0v) is 9.77. The fourth-order valence-corrected chi connectivity index (χ4v) is 2.41. The molecule has 2 aromatic rings. The molecule has 0 aromatic carbocycles. The summed E-state index contributed by atoms with van der Waals surface area (Å²) in [6.07, 6.45) is 4.47. The number of halogens is 1. The summed E-state index contributed by atoms with van der Waals surface area (Å²) >= 11 is 7.48. The molecule has 2 heterocycles. The van der Waals surface area contributed by atoms with Crippen molar-refractivity contribution < 1.29 is 4.42 Å². The summed E-state index contributed by atoms with van der Waals surface area (Å²) in [6.45, 7) is 1.82. The molecular weight excluding hydrogens is 230 g/mol. The quantitative estimate of drug-likeness (QED) is 0.813. The molecule has 0 bridgehead atoms. The van der Waals surface area contributed by atoms with Crippen LogP contribution in [-0.2, 0) is 13.0 Å². The summed E-state index contributed by atoms with van der Waals surface area (Å²) in [5, 5.41) is 3.35. The summed E-state index contributed by atoms with van der Waals surface area (Å²) in [5.74, 6) is 0. The molecule has 2 aromatic heterocycles. The molecule has 0 fully saturated rings. The first-order valence-corrected chi connectivity index (χ1v) is 6.00. The second kappa shape index (κ2) is 5.35. The van der Waals surface area contributed by atoms with E-state index in [0.717, 1.165) is 23.8 Å². The Balaban J connectivity index is 1.67. The maximum Gasteiger partial charge on any atom is 0.0947 e. The van der Waals surface area contributed by atoms with Gasteiger partial charge in [0.2, 0.25) is 0 Å². The maximum atomic E-state index is 5.84. The largest absolute Gasteiger partial charge is 0.472 e. The molecule has 0 spiro atoms. The summed E-state index contributed by atoms with van der Waals surface area (Å²) in [5.41, 5.74) is 1.18. The molecule has 80 valence electrons. The van der Waals surface area contributed by atoms with E-state index in [1.807, 2.05) is 12.1 Å². The Morgan fingerprint density at radius 2 is 2.27 bits per heavy atom. The summed E-state index contributed by atoms with van der Waals surface area (Å²) in [6, 6.07) is 5.99. The lowest BCUT2D eigenvalue weighted by Crippen LogP contribution is -2.15. The highest BCUT2D eigenvalue weighted by Gasteiger charge is 1.98. The summed E-state index contributed by atoms with van der Waals surface area (Å²) in [4.78, 5) is 1.32. The molecule has 0 saturated heterocycles. The van der Waals surface area contributed by atoms with Gasteiger partial charge >= 0.3 is 0 Å². The third kappa shape index (κ3) is 3.38. The fourth-order valence-electron chi connectivity index (χ4n) is 1.32. The van der Waals surface area contributed by atoms with Gasteiger partial charge in [0.1, 0.15) is 0 Å². The Hall–Kier alpha value is -0.770. The molecule has 2 nitrogen and oxygen atoms in total. The number of hydrogen-bond acceptors (Lipinski definition) is 3. The third-order valence-corrected chi connectivity index (χ3v) is 3.38. The molecule has 0 amide bonds. The van der Waals surface area contributed by atoms with Gasteiger partial charge in [0, 0.05) is 23.5 Å². The average molecular weight is 242 g/mol. The smallest absolute Gasteiger partial charge is 0.0947 e. The zero-order chi connectivity index (χ0) is 10.5. The highest BCUT2D eigenvalue weighted by Crippen LogP contribution is 2.21. The predicted octanol–water partition coefficient (Wildman–Crippen LogP) is 3.33. The van der Waals surface area contributed by atoms with Crippen molar-refractivity contribution in [2.24, 2.45) is 0 Å². The van der Waals surface area contributed by atoms with Crippen molar-refractivity contribution in [2.45, 2.75) is 13.0 Å². The van der Waals surface area contributed by atoms with Gasteiger partial charge in [0.25, 0.3) is 0 Å². The van der Waals surface area contributed by atoms with E-state index in [2.05, 4.69) is 11.4 Å². The molecule has 0 aliphatic heterocycles. The van der Waals surface area contributed by atoms with Crippen LogP contribution in [0, 0.1) is 0 Å². The van der Waals surface area contributed by atoms with Crippen molar-refractivity contribution in [3.8, 4) is 0 Å². The van der Waals surface area contributed by atoms with Crippen LogP contribution in [0.1, 0.15) is 10.4 Å². The van der Waals surface area contributed by atoms with Crippen molar-refractivity contribution >= 4 is 22.9 Å². The Labute approximate surface area is 97.9 Å². The lowest BCUT2D eigenvalue weighted by molar-refractivity contribution is 0.560. The van der Waals surface area contributed by atoms with Crippen LogP contribution in [0.4, 0.5) is 0 Å². The third-order valence-electron chi connectivity index (χ3n) is 2.09. The first-order chi connectivity index (χ1) is 7.34. The first-order valence-electron chi connectivity index (χ1n) is 4.80. The number of rotatable bonds is 5. The van der Waals surface area contributed by atoms with E-state index in [-0.39, 0.29) is 0 Å². The predicted molar refractivity (Wildman–Crippen MR) is 63.4 cm³/mol. The second-order valence-corrected chi connectivity index (χ2v) is 5.06. The van der Waals surface area contributed by atoms with Crippen LogP contribution >= 0.6 is 22.9 Å². The van der Waals surface area contributed by atoms with E-state index in [4.69, 9.17) is 16.0 Å². The van der Waals surface area contributed by atoms with E-state index >= 15 is 0 Å². The van der Waals surface area contributed by atoms with Gasteiger partial charge in [-0.25, -0.2) is 0 Å². The molecular formula is C11H12ClNOS. The van der Waals surface area contributed by atoms with Gasteiger partial charge in [-0.2, -0.15) is 0 Å². The minimum atomic E-state index is 0.857. The van der Waals surface area contributed by atoms with Crippen molar-refractivity contribution in [3.05, 3.63) is 45.5 Å².